The molecule has 8 nitrogen and oxygen atoms in total. The molecule has 2 aliphatic rings. The summed E-state index contributed by atoms with van der Waals surface area (Å²) in [7, 11) is -4.14. The highest BCUT2D eigenvalue weighted by atomic mass is 32.2. The van der Waals surface area contributed by atoms with E-state index in [9.17, 15) is 22.8 Å². The van der Waals surface area contributed by atoms with Gasteiger partial charge in [-0.3, -0.25) is 14.4 Å². The standard InChI is InChI=1S/C26H31N3O5S/c1-3-22(25(31)27-20-8-4-5-9-20)28(16-19-14-12-18(2)13-15-19)24(30)17-29-26(32)21-10-6-7-11-23(21)35(29,33)34/h6-7,10-15,20,22H,3-5,8-9,16-17H2,1-2H3,(H,27,31)/t22-/m1/s1. The number of sulfonamides is 1. The lowest BCUT2D eigenvalue weighted by molar-refractivity contribution is -0.141. The van der Waals surface area contributed by atoms with E-state index in [1.165, 1.54) is 17.0 Å². The first-order chi connectivity index (χ1) is 16.7. The minimum Gasteiger partial charge on any atom is -0.352 e. The van der Waals surface area contributed by atoms with Crippen molar-refractivity contribution < 1.29 is 22.8 Å². The molecule has 2 aromatic rings. The zero-order chi connectivity index (χ0) is 25.2. The van der Waals surface area contributed by atoms with Crippen molar-refractivity contribution in [3.8, 4) is 0 Å². The molecule has 3 amide bonds. The van der Waals surface area contributed by atoms with Gasteiger partial charge in [0.05, 0.1) is 5.56 Å². The lowest BCUT2D eigenvalue weighted by atomic mass is 10.1. The SMILES string of the molecule is CC[C@H](C(=O)NC1CCCC1)N(Cc1ccc(C)cc1)C(=O)CN1C(=O)c2ccccc2S1(=O)=O. The largest absolute Gasteiger partial charge is 0.352 e. The number of carbonyl (C=O) groups is 3. The third kappa shape index (κ3) is 5.10. The van der Waals surface area contributed by atoms with Gasteiger partial charge in [0.25, 0.3) is 15.9 Å². The van der Waals surface area contributed by atoms with E-state index in [4.69, 9.17) is 0 Å². The second-order valence-electron chi connectivity index (χ2n) is 9.23. The second-order valence-corrected chi connectivity index (χ2v) is 11.1. The molecule has 0 saturated heterocycles. The Balaban J connectivity index is 1.60. The van der Waals surface area contributed by atoms with Crippen LogP contribution in [-0.4, -0.2) is 54.0 Å². The molecule has 186 valence electrons. The number of aryl methyl sites for hydroxylation is 1. The fourth-order valence-electron chi connectivity index (χ4n) is 4.78. The molecule has 35 heavy (non-hydrogen) atoms. The number of benzene rings is 2. The zero-order valence-electron chi connectivity index (χ0n) is 20.1. The summed E-state index contributed by atoms with van der Waals surface area (Å²) < 4.78 is 26.6. The highest BCUT2D eigenvalue weighted by Gasteiger charge is 2.43. The molecule has 0 spiro atoms. The topological polar surface area (TPSA) is 104 Å². The van der Waals surface area contributed by atoms with Crippen molar-refractivity contribution in [1.29, 1.82) is 0 Å². The van der Waals surface area contributed by atoms with Crippen molar-refractivity contribution in [3.05, 3.63) is 65.2 Å². The number of fused-ring (bicyclic) bond motifs is 1. The second kappa shape index (κ2) is 10.2. The van der Waals surface area contributed by atoms with E-state index in [2.05, 4.69) is 5.32 Å². The van der Waals surface area contributed by atoms with Crippen molar-refractivity contribution in [2.75, 3.05) is 6.54 Å². The lowest BCUT2D eigenvalue weighted by Gasteiger charge is -2.32. The Hall–Kier alpha value is -3.20. The van der Waals surface area contributed by atoms with Gasteiger partial charge in [0, 0.05) is 12.6 Å². The summed E-state index contributed by atoms with van der Waals surface area (Å²) in [5.74, 6) is -1.57. The summed E-state index contributed by atoms with van der Waals surface area (Å²) in [4.78, 5) is 41.0. The van der Waals surface area contributed by atoms with Crippen LogP contribution in [0.4, 0.5) is 0 Å². The zero-order valence-corrected chi connectivity index (χ0v) is 20.9. The minimum atomic E-state index is -4.14. The van der Waals surface area contributed by atoms with Gasteiger partial charge in [-0.25, -0.2) is 12.7 Å². The van der Waals surface area contributed by atoms with Crippen LogP contribution in [-0.2, 0) is 26.2 Å². The summed E-state index contributed by atoms with van der Waals surface area (Å²) in [6, 6.07) is 12.8. The predicted molar refractivity (Wildman–Crippen MR) is 131 cm³/mol. The van der Waals surface area contributed by atoms with Crippen molar-refractivity contribution >= 4 is 27.7 Å². The number of nitrogens with zero attached hydrogens (tertiary/aromatic N) is 2. The molecular formula is C26H31N3O5S. The van der Waals surface area contributed by atoms with E-state index < -0.39 is 34.4 Å². The van der Waals surface area contributed by atoms with Crippen LogP contribution < -0.4 is 5.32 Å². The summed E-state index contributed by atoms with van der Waals surface area (Å²) >= 11 is 0. The summed E-state index contributed by atoms with van der Waals surface area (Å²) in [6.07, 6.45) is 4.29. The average molecular weight is 498 g/mol. The minimum absolute atomic E-state index is 0.0522. The Bertz CT molecular complexity index is 1220. The molecule has 1 aliphatic heterocycles. The highest BCUT2D eigenvalue weighted by molar-refractivity contribution is 7.90. The molecule has 1 atom stereocenters. The Morgan fingerprint density at radius 3 is 2.37 bits per heavy atom. The Labute approximate surface area is 206 Å². The van der Waals surface area contributed by atoms with Crippen LogP contribution >= 0.6 is 0 Å². The monoisotopic (exact) mass is 497 g/mol. The Morgan fingerprint density at radius 1 is 1.09 bits per heavy atom. The third-order valence-electron chi connectivity index (χ3n) is 6.75. The third-order valence-corrected chi connectivity index (χ3v) is 8.54. The number of hydrogen-bond acceptors (Lipinski definition) is 5. The van der Waals surface area contributed by atoms with Gasteiger partial charge in [-0.1, -0.05) is 61.7 Å². The summed E-state index contributed by atoms with van der Waals surface area (Å²) in [5.41, 5.74) is 1.93. The maximum atomic E-state index is 13.6. The van der Waals surface area contributed by atoms with Crippen LogP contribution in [0.15, 0.2) is 53.4 Å². The predicted octanol–water partition coefficient (Wildman–Crippen LogP) is 3.01. The summed E-state index contributed by atoms with van der Waals surface area (Å²) in [6.45, 7) is 3.25. The molecule has 0 aromatic heterocycles. The molecule has 1 fully saturated rings. The molecule has 1 heterocycles. The molecule has 2 aromatic carbocycles. The first-order valence-electron chi connectivity index (χ1n) is 12.0. The number of hydrogen-bond donors (Lipinski definition) is 1. The van der Waals surface area contributed by atoms with Crippen LogP contribution in [0.1, 0.15) is 60.5 Å². The van der Waals surface area contributed by atoms with Gasteiger partial charge >= 0.3 is 0 Å². The molecule has 4 rings (SSSR count). The van der Waals surface area contributed by atoms with E-state index in [0.29, 0.717) is 10.7 Å². The lowest BCUT2D eigenvalue weighted by Crippen LogP contribution is -2.53. The van der Waals surface area contributed by atoms with E-state index >= 15 is 0 Å². The summed E-state index contributed by atoms with van der Waals surface area (Å²) in [5, 5.41) is 3.06. The van der Waals surface area contributed by atoms with Crippen molar-refractivity contribution in [2.45, 2.75) is 69.5 Å². The molecule has 1 saturated carbocycles. The maximum absolute atomic E-state index is 13.6. The molecule has 9 heteroatoms. The fourth-order valence-corrected chi connectivity index (χ4v) is 6.30. The van der Waals surface area contributed by atoms with E-state index in [1.807, 2.05) is 38.1 Å². The van der Waals surface area contributed by atoms with Crippen LogP contribution in [0.5, 0.6) is 0 Å². The fraction of sp³-hybridized carbons (Fsp3) is 0.423. The molecule has 0 radical (unpaired) electrons. The number of rotatable bonds is 8. The average Bonchev–Trinajstić information content (AvgIpc) is 3.41. The van der Waals surface area contributed by atoms with Crippen molar-refractivity contribution in [3.63, 3.8) is 0 Å². The van der Waals surface area contributed by atoms with E-state index in [-0.39, 0.29) is 29.0 Å². The van der Waals surface area contributed by atoms with Crippen molar-refractivity contribution in [1.82, 2.24) is 14.5 Å². The van der Waals surface area contributed by atoms with Gasteiger partial charge in [-0.2, -0.15) is 0 Å². The Kier molecular flexibility index (Phi) is 7.25. The van der Waals surface area contributed by atoms with Gasteiger partial charge in [0.15, 0.2) is 0 Å². The van der Waals surface area contributed by atoms with Gasteiger partial charge in [-0.15, -0.1) is 0 Å². The molecule has 0 unspecified atom stereocenters. The molecule has 1 N–H and O–H groups in total. The molecular weight excluding hydrogens is 466 g/mol. The van der Waals surface area contributed by atoms with Crippen molar-refractivity contribution in [2.24, 2.45) is 0 Å². The van der Waals surface area contributed by atoms with Gasteiger partial charge in [0.1, 0.15) is 17.5 Å². The Morgan fingerprint density at radius 2 is 1.74 bits per heavy atom. The maximum Gasteiger partial charge on any atom is 0.269 e. The number of nitrogens with one attached hydrogen (secondary N) is 1. The van der Waals surface area contributed by atoms with E-state index in [0.717, 1.165) is 36.8 Å². The van der Waals surface area contributed by atoms with E-state index in [1.54, 1.807) is 12.1 Å². The highest BCUT2D eigenvalue weighted by Crippen LogP contribution is 2.30. The van der Waals surface area contributed by atoms with Crippen LogP contribution in [0.2, 0.25) is 0 Å². The first kappa shape index (κ1) is 24.9. The van der Waals surface area contributed by atoms with Gasteiger partial charge in [-0.05, 0) is 43.9 Å². The normalized spacial score (nSPS) is 17.8. The van der Waals surface area contributed by atoms with Gasteiger partial charge in [0.2, 0.25) is 11.8 Å². The quantitative estimate of drug-likeness (QED) is 0.604. The first-order valence-corrected chi connectivity index (χ1v) is 13.5. The van der Waals surface area contributed by atoms with Crippen LogP contribution in [0, 0.1) is 6.92 Å². The molecule has 0 bridgehead atoms. The van der Waals surface area contributed by atoms with Gasteiger partial charge < -0.3 is 10.2 Å². The smallest absolute Gasteiger partial charge is 0.269 e. The number of amides is 3. The van der Waals surface area contributed by atoms with Crippen LogP contribution in [0.25, 0.3) is 0 Å². The van der Waals surface area contributed by atoms with Crippen LogP contribution in [0.3, 0.4) is 0 Å². The molecule has 1 aliphatic carbocycles. The number of carbonyl (C=O) groups excluding carboxylic acids is 3.